The van der Waals surface area contributed by atoms with Gasteiger partial charge in [0.1, 0.15) is 5.54 Å². The number of benzene rings is 1. The molecule has 0 spiro atoms. The van der Waals surface area contributed by atoms with Gasteiger partial charge in [0.2, 0.25) is 0 Å². The fourth-order valence-corrected chi connectivity index (χ4v) is 3.11. The van der Waals surface area contributed by atoms with E-state index in [1.807, 2.05) is 18.2 Å². The lowest BCUT2D eigenvalue weighted by Crippen LogP contribution is -2.52. The molecular weight excluding hydrogens is 226 g/mol. The van der Waals surface area contributed by atoms with Gasteiger partial charge in [-0.25, -0.2) is 4.79 Å². The van der Waals surface area contributed by atoms with Crippen molar-refractivity contribution in [3.8, 4) is 0 Å². The predicted molar refractivity (Wildman–Crippen MR) is 69.4 cm³/mol. The highest BCUT2D eigenvalue weighted by molar-refractivity contribution is 5.82. The molecule has 1 aromatic rings. The largest absolute Gasteiger partial charge is 0.480 e. The Hall–Kier alpha value is -1.35. The zero-order chi connectivity index (χ0) is 12.8. The van der Waals surface area contributed by atoms with Crippen LogP contribution in [0.3, 0.4) is 0 Å². The Bertz CT molecular complexity index is 485. The third kappa shape index (κ3) is 1.74. The second kappa shape index (κ2) is 4.09. The zero-order valence-electron chi connectivity index (χ0n) is 10.6. The molecule has 0 radical (unpaired) electrons. The van der Waals surface area contributed by atoms with Gasteiger partial charge in [-0.1, -0.05) is 31.2 Å². The summed E-state index contributed by atoms with van der Waals surface area (Å²) in [6.07, 6.45) is 3.73. The Kier molecular flexibility index (Phi) is 2.67. The number of hydrogen-bond acceptors (Lipinski definition) is 2. The second-order valence-electron chi connectivity index (χ2n) is 5.68. The van der Waals surface area contributed by atoms with Crippen molar-refractivity contribution in [2.45, 2.75) is 44.2 Å². The van der Waals surface area contributed by atoms with Crippen molar-refractivity contribution in [2.75, 3.05) is 0 Å². The molecule has 1 aromatic carbocycles. The maximum atomic E-state index is 11.8. The first-order chi connectivity index (χ1) is 8.63. The standard InChI is InChI=1S/C15H19NO2/c1-10-9-13(10)16-15(14(17)18)8-4-6-11-5-2-3-7-12(11)15/h2-3,5,7,10,13,16H,4,6,8-9H2,1H3,(H,17,18). The van der Waals surface area contributed by atoms with Crippen molar-refractivity contribution in [1.29, 1.82) is 0 Å². The minimum absolute atomic E-state index is 0.368. The molecule has 3 atom stereocenters. The molecule has 96 valence electrons. The van der Waals surface area contributed by atoms with Gasteiger partial charge in [0.05, 0.1) is 0 Å². The number of aliphatic carboxylic acids is 1. The summed E-state index contributed by atoms with van der Waals surface area (Å²) in [7, 11) is 0. The lowest BCUT2D eigenvalue weighted by atomic mass is 9.76. The molecule has 0 saturated heterocycles. The van der Waals surface area contributed by atoms with Crippen LogP contribution in [0.15, 0.2) is 24.3 Å². The van der Waals surface area contributed by atoms with Gasteiger partial charge in [-0.3, -0.25) is 5.32 Å². The van der Waals surface area contributed by atoms with Crippen molar-refractivity contribution in [2.24, 2.45) is 5.92 Å². The van der Waals surface area contributed by atoms with E-state index in [1.54, 1.807) is 0 Å². The lowest BCUT2D eigenvalue weighted by molar-refractivity contribution is -0.146. The summed E-state index contributed by atoms with van der Waals surface area (Å²) in [5.41, 5.74) is 1.30. The molecule has 0 amide bonds. The maximum Gasteiger partial charge on any atom is 0.328 e. The van der Waals surface area contributed by atoms with Crippen molar-refractivity contribution < 1.29 is 9.90 Å². The number of hydrogen-bond donors (Lipinski definition) is 2. The molecule has 3 rings (SSSR count). The van der Waals surface area contributed by atoms with E-state index in [0.29, 0.717) is 18.4 Å². The average Bonchev–Trinajstić information content (AvgIpc) is 3.05. The average molecular weight is 245 g/mol. The van der Waals surface area contributed by atoms with E-state index in [2.05, 4.69) is 18.3 Å². The summed E-state index contributed by atoms with van der Waals surface area (Å²) in [6, 6.07) is 8.34. The number of carboxylic acid groups (broad SMARTS) is 1. The first-order valence-corrected chi connectivity index (χ1v) is 6.73. The summed E-state index contributed by atoms with van der Waals surface area (Å²) >= 11 is 0. The van der Waals surface area contributed by atoms with Gasteiger partial charge in [0.25, 0.3) is 0 Å². The van der Waals surface area contributed by atoms with Gasteiger partial charge < -0.3 is 5.11 Å². The van der Waals surface area contributed by atoms with Gasteiger partial charge in [0.15, 0.2) is 0 Å². The maximum absolute atomic E-state index is 11.8. The van der Waals surface area contributed by atoms with E-state index in [1.165, 1.54) is 5.56 Å². The molecule has 2 N–H and O–H groups in total. The number of carboxylic acids is 1. The molecule has 0 aromatic heterocycles. The Labute approximate surface area is 107 Å². The summed E-state index contributed by atoms with van der Waals surface area (Å²) in [6.45, 7) is 2.17. The highest BCUT2D eigenvalue weighted by Gasteiger charge is 2.48. The smallest absolute Gasteiger partial charge is 0.328 e. The van der Waals surface area contributed by atoms with Gasteiger partial charge in [-0.2, -0.15) is 0 Å². The molecule has 0 aliphatic heterocycles. The van der Waals surface area contributed by atoms with E-state index >= 15 is 0 Å². The topological polar surface area (TPSA) is 49.3 Å². The normalized spacial score (nSPS) is 33.8. The van der Waals surface area contributed by atoms with Crippen LogP contribution in [0.25, 0.3) is 0 Å². The van der Waals surface area contributed by atoms with Gasteiger partial charge in [0, 0.05) is 6.04 Å². The van der Waals surface area contributed by atoms with Crippen LogP contribution in [-0.4, -0.2) is 17.1 Å². The van der Waals surface area contributed by atoms with E-state index in [0.717, 1.165) is 24.8 Å². The molecule has 18 heavy (non-hydrogen) atoms. The van der Waals surface area contributed by atoms with Crippen LogP contribution in [0.5, 0.6) is 0 Å². The Morgan fingerprint density at radius 2 is 2.17 bits per heavy atom. The van der Waals surface area contributed by atoms with Crippen molar-refractivity contribution in [1.82, 2.24) is 5.32 Å². The lowest BCUT2D eigenvalue weighted by Gasteiger charge is -2.36. The highest BCUT2D eigenvalue weighted by Crippen LogP contribution is 2.40. The first kappa shape index (κ1) is 11.7. The number of carbonyl (C=O) groups is 1. The summed E-state index contributed by atoms with van der Waals surface area (Å²) in [5, 5.41) is 13.1. The van der Waals surface area contributed by atoms with Crippen LogP contribution >= 0.6 is 0 Å². The Morgan fingerprint density at radius 3 is 2.83 bits per heavy atom. The molecule has 2 aliphatic carbocycles. The van der Waals surface area contributed by atoms with Crippen LogP contribution in [0.1, 0.15) is 37.3 Å². The summed E-state index contributed by atoms with van der Waals surface area (Å²) < 4.78 is 0. The minimum Gasteiger partial charge on any atom is -0.480 e. The molecular formula is C15H19NO2. The quantitative estimate of drug-likeness (QED) is 0.859. The van der Waals surface area contributed by atoms with Gasteiger partial charge in [-0.15, -0.1) is 0 Å². The van der Waals surface area contributed by atoms with E-state index in [4.69, 9.17) is 0 Å². The fraction of sp³-hybridized carbons (Fsp3) is 0.533. The molecule has 1 saturated carbocycles. The zero-order valence-corrected chi connectivity index (χ0v) is 10.6. The van der Waals surface area contributed by atoms with Crippen LogP contribution in [0.4, 0.5) is 0 Å². The predicted octanol–water partition coefficient (Wildman–Crippen LogP) is 2.30. The van der Waals surface area contributed by atoms with Crippen LogP contribution in [0, 0.1) is 5.92 Å². The molecule has 3 unspecified atom stereocenters. The molecule has 0 heterocycles. The Morgan fingerprint density at radius 1 is 1.44 bits per heavy atom. The van der Waals surface area contributed by atoms with E-state index < -0.39 is 11.5 Å². The highest BCUT2D eigenvalue weighted by atomic mass is 16.4. The molecule has 0 bridgehead atoms. The first-order valence-electron chi connectivity index (χ1n) is 6.73. The number of aryl methyl sites for hydroxylation is 1. The minimum atomic E-state index is -0.857. The molecule has 2 aliphatic rings. The van der Waals surface area contributed by atoms with Crippen LogP contribution in [0.2, 0.25) is 0 Å². The fourth-order valence-electron chi connectivity index (χ4n) is 3.11. The molecule has 1 fully saturated rings. The SMILES string of the molecule is CC1CC1NC1(C(=O)O)CCCc2ccccc21. The molecule has 3 heteroatoms. The summed E-state index contributed by atoms with van der Waals surface area (Å²) in [4.78, 5) is 11.8. The van der Waals surface area contributed by atoms with Crippen molar-refractivity contribution in [3.05, 3.63) is 35.4 Å². The number of nitrogens with one attached hydrogen (secondary N) is 1. The number of fused-ring (bicyclic) bond motifs is 1. The number of rotatable bonds is 3. The third-order valence-corrected chi connectivity index (χ3v) is 4.38. The summed E-state index contributed by atoms with van der Waals surface area (Å²) in [5.74, 6) is -0.121. The van der Waals surface area contributed by atoms with Crippen LogP contribution in [-0.2, 0) is 16.8 Å². The van der Waals surface area contributed by atoms with Crippen molar-refractivity contribution in [3.63, 3.8) is 0 Å². The van der Waals surface area contributed by atoms with E-state index in [-0.39, 0.29) is 0 Å². The monoisotopic (exact) mass is 245 g/mol. The van der Waals surface area contributed by atoms with Gasteiger partial charge in [-0.05, 0) is 42.7 Å². The molecule has 3 nitrogen and oxygen atoms in total. The third-order valence-electron chi connectivity index (χ3n) is 4.38. The van der Waals surface area contributed by atoms with E-state index in [9.17, 15) is 9.90 Å². The Balaban J connectivity index is 2.02. The second-order valence-corrected chi connectivity index (χ2v) is 5.68. The van der Waals surface area contributed by atoms with Crippen molar-refractivity contribution >= 4 is 5.97 Å². The van der Waals surface area contributed by atoms with Crippen LogP contribution < -0.4 is 5.32 Å². The van der Waals surface area contributed by atoms with Gasteiger partial charge >= 0.3 is 5.97 Å².